The number of likely N-dealkylation sites (tertiary alicyclic amines) is 2. The van der Waals surface area contributed by atoms with Gasteiger partial charge in [0, 0.05) is 18.6 Å². The van der Waals surface area contributed by atoms with Crippen LogP contribution in [-0.4, -0.2) is 67.3 Å². The maximum atomic E-state index is 12.3. The molecule has 2 aliphatic rings. The Morgan fingerprint density at radius 1 is 1.10 bits per heavy atom. The summed E-state index contributed by atoms with van der Waals surface area (Å²) < 4.78 is 36.9. The lowest BCUT2D eigenvalue weighted by Crippen LogP contribution is -2.48. The molecule has 0 aliphatic carbocycles. The molecule has 0 aromatic carbocycles. The number of hydrogen-bond donors (Lipinski definition) is 1. The van der Waals surface area contributed by atoms with Crippen LogP contribution in [0.5, 0.6) is 0 Å². The predicted molar refractivity (Wildman–Crippen MR) is 73.8 cm³/mol. The Balaban J connectivity index is 1.62. The second-order valence-electron chi connectivity index (χ2n) is 6.17. The second-order valence-corrected chi connectivity index (χ2v) is 6.17. The van der Waals surface area contributed by atoms with E-state index in [2.05, 4.69) is 17.1 Å². The highest BCUT2D eigenvalue weighted by atomic mass is 19.4. The van der Waals surface area contributed by atoms with E-state index in [1.54, 1.807) is 0 Å². The molecule has 0 spiro atoms. The summed E-state index contributed by atoms with van der Waals surface area (Å²) in [6.45, 7) is 5.90. The maximum absolute atomic E-state index is 12.3. The molecule has 1 unspecified atom stereocenters. The quantitative estimate of drug-likeness (QED) is 0.837. The number of alkyl halides is 3. The van der Waals surface area contributed by atoms with Crippen molar-refractivity contribution in [3.63, 3.8) is 0 Å². The average Bonchev–Trinajstić information content (AvgIpc) is 2.89. The van der Waals surface area contributed by atoms with Gasteiger partial charge in [-0.25, -0.2) is 0 Å². The van der Waals surface area contributed by atoms with Crippen molar-refractivity contribution in [2.45, 2.75) is 50.9 Å². The lowest BCUT2D eigenvalue weighted by molar-refractivity contribution is -0.148. The molecule has 2 fully saturated rings. The van der Waals surface area contributed by atoms with Crippen LogP contribution in [0.2, 0.25) is 0 Å². The van der Waals surface area contributed by atoms with Gasteiger partial charge in [0.15, 0.2) is 0 Å². The first kappa shape index (κ1) is 16.0. The van der Waals surface area contributed by atoms with E-state index < -0.39 is 12.7 Å². The smallest absolute Gasteiger partial charge is 0.312 e. The van der Waals surface area contributed by atoms with Crippen LogP contribution in [-0.2, 0) is 0 Å². The zero-order chi connectivity index (χ0) is 14.6. The van der Waals surface area contributed by atoms with Crippen LogP contribution in [0.25, 0.3) is 0 Å². The molecule has 118 valence electrons. The predicted octanol–water partition coefficient (Wildman–Crippen LogP) is 2.09. The van der Waals surface area contributed by atoms with Crippen LogP contribution >= 0.6 is 0 Å². The van der Waals surface area contributed by atoms with Crippen LogP contribution in [0.3, 0.4) is 0 Å². The fourth-order valence-electron chi connectivity index (χ4n) is 3.20. The lowest BCUT2D eigenvalue weighted by atomic mass is 10.0. The van der Waals surface area contributed by atoms with Crippen molar-refractivity contribution < 1.29 is 13.2 Å². The molecule has 6 heteroatoms. The highest BCUT2D eigenvalue weighted by Gasteiger charge is 2.32. The van der Waals surface area contributed by atoms with Crippen LogP contribution in [0.15, 0.2) is 0 Å². The van der Waals surface area contributed by atoms with Gasteiger partial charge >= 0.3 is 6.18 Å². The number of piperidine rings is 1. The van der Waals surface area contributed by atoms with Gasteiger partial charge in [0.2, 0.25) is 0 Å². The van der Waals surface area contributed by atoms with Gasteiger partial charge in [-0.2, -0.15) is 13.2 Å². The van der Waals surface area contributed by atoms with Crippen molar-refractivity contribution in [2.24, 2.45) is 0 Å². The summed E-state index contributed by atoms with van der Waals surface area (Å²) in [4.78, 5) is 4.01. The van der Waals surface area contributed by atoms with E-state index in [-0.39, 0.29) is 0 Å². The topological polar surface area (TPSA) is 18.5 Å². The van der Waals surface area contributed by atoms with Crippen LogP contribution in [0.1, 0.15) is 32.6 Å². The fourth-order valence-corrected chi connectivity index (χ4v) is 3.20. The fraction of sp³-hybridized carbons (Fsp3) is 1.00. The molecular formula is C14H26F3N3. The summed E-state index contributed by atoms with van der Waals surface area (Å²) in [5.74, 6) is 0. The molecule has 0 aromatic rings. The van der Waals surface area contributed by atoms with Gasteiger partial charge in [-0.15, -0.1) is 0 Å². The van der Waals surface area contributed by atoms with E-state index in [9.17, 15) is 13.2 Å². The zero-order valence-corrected chi connectivity index (χ0v) is 12.3. The van der Waals surface area contributed by atoms with E-state index >= 15 is 0 Å². The third kappa shape index (κ3) is 5.22. The standard InChI is InChI=1S/C14H26F3N3/c1-12(20-6-2-3-7-20)10-18-13-4-8-19(9-5-13)11-14(15,16)17/h12-13,18H,2-11H2,1H3. The number of halogens is 3. The normalized spacial score (nSPS) is 25.2. The Morgan fingerprint density at radius 3 is 2.25 bits per heavy atom. The monoisotopic (exact) mass is 293 g/mol. The third-order valence-electron chi connectivity index (χ3n) is 4.46. The van der Waals surface area contributed by atoms with Gasteiger partial charge in [0.1, 0.15) is 0 Å². The molecule has 0 saturated carbocycles. The van der Waals surface area contributed by atoms with Gasteiger partial charge in [0.05, 0.1) is 6.54 Å². The van der Waals surface area contributed by atoms with E-state index in [4.69, 9.17) is 0 Å². The van der Waals surface area contributed by atoms with Crippen molar-refractivity contribution >= 4 is 0 Å². The molecule has 2 heterocycles. The first-order valence-electron chi connectivity index (χ1n) is 7.70. The highest BCUT2D eigenvalue weighted by Crippen LogP contribution is 2.20. The first-order valence-corrected chi connectivity index (χ1v) is 7.70. The SMILES string of the molecule is CC(CNC1CCN(CC(F)(F)F)CC1)N1CCCC1. The lowest BCUT2D eigenvalue weighted by Gasteiger charge is -2.34. The molecule has 1 N–H and O–H groups in total. The van der Waals surface area contributed by atoms with E-state index in [0.29, 0.717) is 25.2 Å². The molecule has 3 nitrogen and oxygen atoms in total. The minimum Gasteiger partial charge on any atom is -0.312 e. The van der Waals surface area contributed by atoms with Crippen LogP contribution < -0.4 is 5.32 Å². The Kier molecular flexibility index (Phi) is 5.69. The number of nitrogens with one attached hydrogen (secondary N) is 1. The maximum Gasteiger partial charge on any atom is 0.401 e. The summed E-state index contributed by atoms with van der Waals surface area (Å²) >= 11 is 0. The Hall–Kier alpha value is -0.330. The molecule has 0 amide bonds. The van der Waals surface area contributed by atoms with E-state index in [1.165, 1.54) is 30.8 Å². The second kappa shape index (κ2) is 7.09. The highest BCUT2D eigenvalue weighted by molar-refractivity contribution is 4.81. The van der Waals surface area contributed by atoms with Crippen molar-refractivity contribution in [1.82, 2.24) is 15.1 Å². The van der Waals surface area contributed by atoms with Gasteiger partial charge in [-0.05, 0) is 58.8 Å². The molecule has 2 saturated heterocycles. The van der Waals surface area contributed by atoms with Gasteiger partial charge < -0.3 is 5.32 Å². The van der Waals surface area contributed by atoms with E-state index in [0.717, 1.165) is 19.4 Å². The Labute approximate surface area is 119 Å². The van der Waals surface area contributed by atoms with Crippen molar-refractivity contribution in [3.05, 3.63) is 0 Å². The molecule has 2 rings (SSSR count). The molecular weight excluding hydrogens is 267 g/mol. The molecule has 2 aliphatic heterocycles. The van der Waals surface area contributed by atoms with Crippen molar-refractivity contribution in [3.8, 4) is 0 Å². The minimum absolute atomic E-state index is 0.379. The van der Waals surface area contributed by atoms with Gasteiger partial charge in [0.25, 0.3) is 0 Å². The molecule has 0 bridgehead atoms. The van der Waals surface area contributed by atoms with Gasteiger partial charge in [-0.1, -0.05) is 0 Å². The minimum atomic E-state index is -4.06. The summed E-state index contributed by atoms with van der Waals surface area (Å²) in [5, 5.41) is 3.53. The average molecular weight is 293 g/mol. The zero-order valence-electron chi connectivity index (χ0n) is 12.3. The van der Waals surface area contributed by atoms with Crippen LogP contribution in [0, 0.1) is 0 Å². The first-order chi connectivity index (χ1) is 9.44. The summed E-state index contributed by atoms with van der Waals surface area (Å²) in [7, 11) is 0. The summed E-state index contributed by atoms with van der Waals surface area (Å²) in [6.07, 6.45) is 0.163. The van der Waals surface area contributed by atoms with Gasteiger partial charge in [-0.3, -0.25) is 9.80 Å². The van der Waals surface area contributed by atoms with Crippen LogP contribution in [0.4, 0.5) is 13.2 Å². The molecule has 20 heavy (non-hydrogen) atoms. The van der Waals surface area contributed by atoms with Crippen molar-refractivity contribution in [2.75, 3.05) is 39.3 Å². The molecule has 0 aromatic heterocycles. The summed E-state index contributed by atoms with van der Waals surface area (Å²) in [5.41, 5.74) is 0. The molecule has 1 atom stereocenters. The van der Waals surface area contributed by atoms with E-state index in [1.807, 2.05) is 0 Å². The Morgan fingerprint density at radius 2 is 1.70 bits per heavy atom. The number of hydrogen-bond acceptors (Lipinski definition) is 3. The number of rotatable bonds is 5. The molecule has 0 radical (unpaired) electrons. The third-order valence-corrected chi connectivity index (χ3v) is 4.46. The Bertz CT molecular complexity index is 282. The summed E-state index contributed by atoms with van der Waals surface area (Å²) in [6, 6.07) is 0.912. The number of nitrogens with zero attached hydrogens (tertiary/aromatic N) is 2. The largest absolute Gasteiger partial charge is 0.401 e. The van der Waals surface area contributed by atoms with Crippen molar-refractivity contribution in [1.29, 1.82) is 0 Å².